The third-order valence-electron chi connectivity index (χ3n) is 6.98. The largest absolute Gasteiger partial charge is 0.370 e. The van der Waals surface area contributed by atoms with Gasteiger partial charge in [0.1, 0.15) is 5.82 Å². The van der Waals surface area contributed by atoms with Crippen LogP contribution in [0.4, 0.5) is 5.82 Å². The number of anilines is 1. The number of hydrogen-bond acceptors (Lipinski definition) is 3. The van der Waals surface area contributed by atoms with Crippen molar-refractivity contribution in [1.29, 1.82) is 0 Å². The van der Waals surface area contributed by atoms with Gasteiger partial charge in [0.2, 0.25) is 0 Å². The second-order valence-electron chi connectivity index (χ2n) is 9.33. The Labute approximate surface area is 186 Å². The van der Waals surface area contributed by atoms with Crippen LogP contribution in [0.2, 0.25) is 0 Å². The average Bonchev–Trinajstić information content (AvgIpc) is 2.97. The van der Waals surface area contributed by atoms with E-state index in [0.29, 0.717) is 5.92 Å². The van der Waals surface area contributed by atoms with Gasteiger partial charge in [-0.3, -0.25) is 4.90 Å². The van der Waals surface area contributed by atoms with E-state index in [0.717, 1.165) is 32.6 Å². The van der Waals surface area contributed by atoms with Crippen LogP contribution in [0.3, 0.4) is 0 Å². The minimum absolute atomic E-state index is 0.562. The van der Waals surface area contributed by atoms with Gasteiger partial charge in [-0.15, -0.1) is 0 Å². The van der Waals surface area contributed by atoms with Gasteiger partial charge in [-0.05, 0) is 81.8 Å². The fourth-order valence-corrected chi connectivity index (χ4v) is 5.18. The number of benzene rings is 2. The van der Waals surface area contributed by atoms with Crippen molar-refractivity contribution >= 4 is 5.82 Å². The van der Waals surface area contributed by atoms with Crippen LogP contribution < -0.4 is 5.32 Å². The smallest absolute Gasteiger partial charge is 0.133 e. The normalized spacial score (nSPS) is 17.7. The van der Waals surface area contributed by atoms with E-state index >= 15 is 0 Å². The number of nitrogens with zero attached hydrogens (tertiary/aromatic N) is 3. The van der Waals surface area contributed by atoms with Gasteiger partial charge in [0.05, 0.1) is 11.4 Å². The van der Waals surface area contributed by atoms with Crippen LogP contribution in [0, 0.1) is 13.8 Å². The van der Waals surface area contributed by atoms with Crippen molar-refractivity contribution in [3.63, 3.8) is 0 Å². The molecular formula is C27H34N4. The number of fused-ring (bicyclic) bond motifs is 1. The molecule has 0 saturated carbocycles. The van der Waals surface area contributed by atoms with E-state index in [1.54, 1.807) is 0 Å². The quantitative estimate of drug-likeness (QED) is 0.602. The highest BCUT2D eigenvalue weighted by atomic mass is 15.3. The monoisotopic (exact) mass is 414 g/mol. The molecule has 3 heterocycles. The predicted molar refractivity (Wildman–Crippen MR) is 128 cm³/mol. The maximum atomic E-state index is 5.27. The third-order valence-corrected chi connectivity index (χ3v) is 6.98. The molecule has 0 spiro atoms. The Morgan fingerprint density at radius 3 is 2.61 bits per heavy atom. The summed E-state index contributed by atoms with van der Waals surface area (Å²) in [5.74, 6) is 1.81. The van der Waals surface area contributed by atoms with E-state index in [4.69, 9.17) is 5.10 Å². The third kappa shape index (κ3) is 4.27. The molecule has 0 radical (unpaired) electrons. The van der Waals surface area contributed by atoms with Crippen molar-refractivity contribution in [2.24, 2.45) is 0 Å². The van der Waals surface area contributed by atoms with Crippen LogP contribution in [0.15, 0.2) is 48.5 Å². The highest BCUT2D eigenvalue weighted by Gasteiger charge is 2.29. The van der Waals surface area contributed by atoms with E-state index in [9.17, 15) is 0 Å². The van der Waals surface area contributed by atoms with Crippen LogP contribution >= 0.6 is 0 Å². The standard InChI is InChI=1S/C27H34N4/c1-20-11-12-21(2)25(18-20)31-27-24(10-6-7-15-28-27)26(29-31)23-13-16-30(17-14-23)19-22-8-4-3-5-9-22/h3-5,8-9,11-12,18,23,28H,6-7,10,13-17,19H2,1-2H3. The lowest BCUT2D eigenvalue weighted by atomic mass is 9.90. The summed E-state index contributed by atoms with van der Waals surface area (Å²) in [4.78, 5) is 2.60. The molecule has 0 unspecified atom stereocenters. The van der Waals surface area contributed by atoms with Crippen LogP contribution in [0.1, 0.15) is 59.5 Å². The molecule has 0 atom stereocenters. The van der Waals surface area contributed by atoms with Crippen molar-refractivity contribution in [2.45, 2.75) is 58.4 Å². The van der Waals surface area contributed by atoms with Crippen molar-refractivity contribution in [2.75, 3.05) is 25.0 Å². The Balaban J connectivity index is 1.41. The van der Waals surface area contributed by atoms with Crippen molar-refractivity contribution in [3.8, 4) is 5.69 Å². The summed E-state index contributed by atoms with van der Waals surface area (Å²) in [6.45, 7) is 8.77. The lowest BCUT2D eigenvalue weighted by Crippen LogP contribution is -2.32. The van der Waals surface area contributed by atoms with Gasteiger partial charge in [-0.2, -0.15) is 5.10 Å². The molecule has 0 amide bonds. The van der Waals surface area contributed by atoms with Crippen LogP contribution in [0.25, 0.3) is 5.69 Å². The number of rotatable bonds is 4. The molecule has 2 aliphatic rings. The van der Waals surface area contributed by atoms with Crippen molar-refractivity contribution in [3.05, 3.63) is 76.5 Å². The number of piperidine rings is 1. The summed E-state index contributed by atoms with van der Waals surface area (Å²) in [7, 11) is 0. The predicted octanol–water partition coefficient (Wildman–Crippen LogP) is 5.62. The summed E-state index contributed by atoms with van der Waals surface area (Å²) in [6.07, 6.45) is 6.02. The molecule has 3 aromatic rings. The fraction of sp³-hybridized carbons (Fsp3) is 0.444. The maximum Gasteiger partial charge on any atom is 0.133 e. The highest BCUT2D eigenvalue weighted by molar-refractivity contribution is 5.57. The summed E-state index contributed by atoms with van der Waals surface area (Å²) >= 11 is 0. The van der Waals surface area contributed by atoms with Crippen molar-refractivity contribution < 1.29 is 0 Å². The number of aromatic nitrogens is 2. The highest BCUT2D eigenvalue weighted by Crippen LogP contribution is 2.37. The van der Waals surface area contributed by atoms with Crippen LogP contribution in [-0.4, -0.2) is 34.3 Å². The molecule has 1 N–H and O–H groups in total. The fourth-order valence-electron chi connectivity index (χ4n) is 5.18. The summed E-state index contributed by atoms with van der Waals surface area (Å²) in [5, 5.41) is 9.00. The Bertz CT molecular complexity index is 1030. The van der Waals surface area contributed by atoms with Crippen LogP contribution in [0.5, 0.6) is 0 Å². The Kier molecular flexibility index (Phi) is 5.82. The molecule has 2 aliphatic heterocycles. The molecule has 1 aromatic heterocycles. The Hall–Kier alpha value is -2.59. The topological polar surface area (TPSA) is 33.1 Å². The molecular weight excluding hydrogens is 380 g/mol. The maximum absolute atomic E-state index is 5.27. The first-order chi connectivity index (χ1) is 15.2. The number of nitrogens with one attached hydrogen (secondary N) is 1. The van der Waals surface area contributed by atoms with Gasteiger partial charge < -0.3 is 5.32 Å². The zero-order valence-electron chi connectivity index (χ0n) is 18.9. The van der Waals surface area contributed by atoms with Crippen molar-refractivity contribution in [1.82, 2.24) is 14.7 Å². The van der Waals surface area contributed by atoms with Gasteiger partial charge >= 0.3 is 0 Å². The first-order valence-corrected chi connectivity index (χ1v) is 11.9. The second kappa shape index (κ2) is 8.88. The molecule has 1 saturated heterocycles. The van der Waals surface area contributed by atoms with E-state index in [-0.39, 0.29) is 0 Å². The zero-order valence-corrected chi connectivity index (χ0v) is 18.9. The molecule has 5 rings (SSSR count). The molecule has 162 valence electrons. The lowest BCUT2D eigenvalue weighted by Gasteiger charge is -2.31. The minimum Gasteiger partial charge on any atom is -0.370 e. The molecule has 0 aliphatic carbocycles. The summed E-state index contributed by atoms with van der Waals surface area (Å²) < 4.78 is 2.22. The van der Waals surface area contributed by atoms with Gasteiger partial charge in [-0.25, -0.2) is 4.68 Å². The molecule has 0 bridgehead atoms. The van der Waals surface area contributed by atoms with Gasteiger partial charge in [0.25, 0.3) is 0 Å². The van der Waals surface area contributed by atoms with E-state index in [1.807, 2.05) is 0 Å². The summed E-state index contributed by atoms with van der Waals surface area (Å²) in [5.41, 5.74) is 8.03. The molecule has 31 heavy (non-hydrogen) atoms. The molecule has 2 aromatic carbocycles. The second-order valence-corrected chi connectivity index (χ2v) is 9.33. The average molecular weight is 415 g/mol. The van der Waals surface area contributed by atoms with Gasteiger partial charge in [0.15, 0.2) is 0 Å². The molecule has 4 heteroatoms. The number of likely N-dealkylation sites (tertiary alicyclic amines) is 1. The van der Waals surface area contributed by atoms with E-state index in [1.165, 1.54) is 65.1 Å². The number of hydrogen-bond donors (Lipinski definition) is 1. The first kappa shape index (κ1) is 20.3. The Morgan fingerprint density at radius 1 is 1.00 bits per heavy atom. The Morgan fingerprint density at radius 2 is 1.81 bits per heavy atom. The first-order valence-electron chi connectivity index (χ1n) is 11.9. The van der Waals surface area contributed by atoms with Crippen LogP contribution in [-0.2, 0) is 13.0 Å². The van der Waals surface area contributed by atoms with E-state index < -0.39 is 0 Å². The van der Waals surface area contributed by atoms with E-state index in [2.05, 4.69) is 77.3 Å². The zero-order chi connectivity index (χ0) is 21.2. The molecule has 4 nitrogen and oxygen atoms in total. The van der Waals surface area contributed by atoms with Gasteiger partial charge in [0, 0.05) is 24.6 Å². The lowest BCUT2D eigenvalue weighted by molar-refractivity contribution is 0.203. The SMILES string of the molecule is Cc1ccc(C)c(-n2nc(C3CCN(Cc4ccccc4)CC3)c3c2NCCCC3)c1. The summed E-state index contributed by atoms with van der Waals surface area (Å²) in [6, 6.07) is 17.6. The molecule has 1 fully saturated rings. The van der Waals surface area contributed by atoms with Gasteiger partial charge in [-0.1, -0.05) is 42.5 Å². The minimum atomic E-state index is 0.562. The number of aryl methyl sites for hydroxylation is 2.